The summed E-state index contributed by atoms with van der Waals surface area (Å²) in [6, 6.07) is 12.4. The van der Waals surface area contributed by atoms with Crippen molar-refractivity contribution in [1.82, 2.24) is 15.4 Å². The Morgan fingerprint density at radius 3 is 2.53 bits per heavy atom. The van der Waals surface area contributed by atoms with Crippen LogP contribution >= 0.6 is 24.0 Å². The van der Waals surface area contributed by atoms with Gasteiger partial charge in [0.25, 0.3) is 0 Å². The van der Waals surface area contributed by atoms with Gasteiger partial charge in [0.1, 0.15) is 5.82 Å². The molecule has 0 fully saturated rings. The van der Waals surface area contributed by atoms with Crippen LogP contribution in [0.3, 0.4) is 0 Å². The summed E-state index contributed by atoms with van der Waals surface area (Å²) < 4.78 is 45.9. The fourth-order valence-electron chi connectivity index (χ4n) is 2.50. The van der Waals surface area contributed by atoms with Gasteiger partial charge in [0.05, 0.1) is 18.0 Å². The maximum Gasteiger partial charge on any atom is 0.240 e. The van der Waals surface area contributed by atoms with E-state index in [1.165, 1.54) is 18.2 Å². The van der Waals surface area contributed by atoms with Crippen molar-refractivity contribution in [1.29, 1.82) is 0 Å². The zero-order valence-electron chi connectivity index (χ0n) is 17.0. The van der Waals surface area contributed by atoms with E-state index < -0.39 is 15.8 Å². The van der Waals surface area contributed by atoms with E-state index in [4.69, 9.17) is 4.74 Å². The van der Waals surface area contributed by atoms with Gasteiger partial charge in [0, 0.05) is 26.7 Å². The minimum Gasteiger partial charge on any atom is -0.383 e. The summed E-state index contributed by atoms with van der Waals surface area (Å²) in [5.41, 5.74) is 1.30. The van der Waals surface area contributed by atoms with Gasteiger partial charge in [-0.2, -0.15) is 0 Å². The van der Waals surface area contributed by atoms with E-state index in [-0.39, 0.29) is 35.4 Å². The highest BCUT2D eigenvalue weighted by Crippen LogP contribution is 2.13. The number of nitrogens with zero attached hydrogens (tertiary/aromatic N) is 1. The quantitative estimate of drug-likeness (QED) is 0.183. The van der Waals surface area contributed by atoms with Crippen LogP contribution in [0.1, 0.15) is 18.1 Å². The van der Waals surface area contributed by atoms with Crippen LogP contribution in [0, 0.1) is 5.82 Å². The molecule has 0 saturated carbocycles. The molecule has 0 aliphatic carbocycles. The molecule has 0 bridgehead atoms. The van der Waals surface area contributed by atoms with E-state index in [0.29, 0.717) is 37.8 Å². The Morgan fingerprint density at radius 2 is 1.83 bits per heavy atom. The molecule has 2 aromatic carbocycles. The predicted molar refractivity (Wildman–Crippen MR) is 127 cm³/mol. The van der Waals surface area contributed by atoms with Gasteiger partial charge in [-0.3, -0.25) is 0 Å². The number of halogens is 2. The molecule has 0 radical (unpaired) electrons. The molecule has 0 aromatic heterocycles. The lowest BCUT2D eigenvalue weighted by Crippen LogP contribution is -2.38. The number of sulfonamides is 1. The van der Waals surface area contributed by atoms with Crippen LogP contribution in [0.2, 0.25) is 0 Å². The summed E-state index contributed by atoms with van der Waals surface area (Å²) in [4.78, 5) is 4.60. The van der Waals surface area contributed by atoms with Gasteiger partial charge in [0.15, 0.2) is 5.96 Å². The van der Waals surface area contributed by atoms with E-state index in [9.17, 15) is 12.8 Å². The first-order chi connectivity index (χ1) is 13.9. The molecule has 0 atom stereocenters. The number of hydrogen-bond donors (Lipinski definition) is 3. The summed E-state index contributed by atoms with van der Waals surface area (Å²) in [6.45, 7) is 4.16. The third-order valence-electron chi connectivity index (χ3n) is 3.93. The van der Waals surface area contributed by atoms with E-state index in [1.807, 2.05) is 13.0 Å². The minimum absolute atomic E-state index is 0. The number of rotatable bonds is 10. The molecule has 166 valence electrons. The second kappa shape index (κ2) is 13.5. The molecule has 0 heterocycles. The number of ether oxygens (including phenoxy) is 1. The topological polar surface area (TPSA) is 91.8 Å². The number of aliphatic imine (C=N–C) groups is 1. The molecule has 2 rings (SSSR count). The van der Waals surface area contributed by atoms with Crippen LogP contribution < -0.4 is 15.4 Å². The summed E-state index contributed by atoms with van der Waals surface area (Å²) >= 11 is 0. The van der Waals surface area contributed by atoms with Crippen molar-refractivity contribution in [3.8, 4) is 0 Å². The SMILES string of the molecule is CCNC(=NCc1cccc(S(=O)(=O)NCc2cccc(F)c2)c1)NCCOC.I. The zero-order chi connectivity index (χ0) is 21.1. The van der Waals surface area contributed by atoms with Crippen molar-refractivity contribution < 1.29 is 17.5 Å². The Kier molecular flexibility index (Phi) is 11.8. The number of methoxy groups -OCH3 is 1. The standard InChI is InChI=1S/C20H27FN4O3S.HI/c1-3-22-20(23-10-11-28-2)24-14-17-7-5-9-19(13-17)29(26,27)25-15-16-6-4-8-18(21)12-16;/h4-9,12-13,25H,3,10-11,14-15H2,1-2H3,(H2,22,23,24);1H. The smallest absolute Gasteiger partial charge is 0.240 e. The third kappa shape index (κ3) is 8.94. The Hall–Kier alpha value is -1.76. The number of guanidine groups is 1. The third-order valence-corrected chi connectivity index (χ3v) is 5.33. The van der Waals surface area contributed by atoms with Gasteiger partial charge >= 0.3 is 0 Å². The highest BCUT2D eigenvalue weighted by molar-refractivity contribution is 14.0. The molecule has 0 aliphatic rings. The average molecular weight is 550 g/mol. The lowest BCUT2D eigenvalue weighted by molar-refractivity contribution is 0.203. The van der Waals surface area contributed by atoms with Crippen LogP contribution in [0.15, 0.2) is 58.4 Å². The maximum atomic E-state index is 13.3. The average Bonchev–Trinajstić information content (AvgIpc) is 2.71. The molecule has 0 aliphatic heterocycles. The maximum absolute atomic E-state index is 13.3. The summed E-state index contributed by atoms with van der Waals surface area (Å²) in [6.07, 6.45) is 0. The minimum atomic E-state index is -3.73. The van der Waals surface area contributed by atoms with Gasteiger partial charge in [0.2, 0.25) is 10.0 Å². The van der Waals surface area contributed by atoms with E-state index in [2.05, 4.69) is 20.3 Å². The van der Waals surface area contributed by atoms with E-state index in [1.54, 1.807) is 31.4 Å². The van der Waals surface area contributed by atoms with Gasteiger partial charge < -0.3 is 15.4 Å². The van der Waals surface area contributed by atoms with Gasteiger partial charge in [-0.25, -0.2) is 22.5 Å². The number of nitrogens with one attached hydrogen (secondary N) is 3. The molecule has 2 aromatic rings. The molecule has 3 N–H and O–H groups in total. The lowest BCUT2D eigenvalue weighted by atomic mass is 10.2. The molecule has 0 unspecified atom stereocenters. The van der Waals surface area contributed by atoms with Gasteiger partial charge in [-0.1, -0.05) is 24.3 Å². The zero-order valence-corrected chi connectivity index (χ0v) is 20.2. The highest BCUT2D eigenvalue weighted by Gasteiger charge is 2.14. The molecule has 30 heavy (non-hydrogen) atoms. The Balaban J connectivity index is 0.00000450. The predicted octanol–water partition coefficient (Wildman–Crippen LogP) is 2.62. The van der Waals surface area contributed by atoms with Crippen LogP contribution in [-0.4, -0.2) is 41.2 Å². The molecule has 0 amide bonds. The van der Waals surface area contributed by atoms with Crippen molar-refractivity contribution in [2.45, 2.75) is 24.9 Å². The Bertz CT molecular complexity index is 926. The van der Waals surface area contributed by atoms with E-state index in [0.717, 1.165) is 5.56 Å². The molecular formula is C20H28FIN4O3S. The highest BCUT2D eigenvalue weighted by atomic mass is 127. The molecule has 0 spiro atoms. The second-order valence-corrected chi connectivity index (χ2v) is 7.98. The van der Waals surface area contributed by atoms with Gasteiger partial charge in [-0.15, -0.1) is 24.0 Å². The number of hydrogen-bond acceptors (Lipinski definition) is 4. The molecule has 10 heteroatoms. The fourth-order valence-corrected chi connectivity index (χ4v) is 3.59. The molecular weight excluding hydrogens is 522 g/mol. The van der Waals surface area contributed by atoms with Crippen LogP contribution in [0.25, 0.3) is 0 Å². The van der Waals surface area contributed by atoms with Crippen LogP contribution in [0.4, 0.5) is 4.39 Å². The van der Waals surface area contributed by atoms with Crippen LogP contribution in [-0.2, 0) is 27.8 Å². The number of benzene rings is 2. The largest absolute Gasteiger partial charge is 0.383 e. The van der Waals surface area contributed by atoms with E-state index >= 15 is 0 Å². The fraction of sp³-hybridized carbons (Fsp3) is 0.350. The monoisotopic (exact) mass is 550 g/mol. The molecule has 0 saturated heterocycles. The van der Waals surface area contributed by atoms with Crippen molar-refractivity contribution >= 4 is 40.0 Å². The molecule has 7 nitrogen and oxygen atoms in total. The first-order valence-corrected chi connectivity index (χ1v) is 10.8. The Morgan fingerprint density at radius 1 is 1.10 bits per heavy atom. The summed E-state index contributed by atoms with van der Waals surface area (Å²) in [7, 11) is -2.10. The first kappa shape index (κ1) is 26.3. The van der Waals surface area contributed by atoms with Crippen molar-refractivity contribution in [3.63, 3.8) is 0 Å². The van der Waals surface area contributed by atoms with Crippen molar-refractivity contribution in [2.24, 2.45) is 4.99 Å². The Labute approximate surface area is 194 Å². The first-order valence-electron chi connectivity index (χ1n) is 9.28. The summed E-state index contributed by atoms with van der Waals surface area (Å²) in [5, 5.41) is 6.25. The van der Waals surface area contributed by atoms with Crippen molar-refractivity contribution in [2.75, 3.05) is 26.8 Å². The van der Waals surface area contributed by atoms with Gasteiger partial charge in [-0.05, 0) is 42.3 Å². The lowest BCUT2D eigenvalue weighted by Gasteiger charge is -2.11. The summed E-state index contributed by atoms with van der Waals surface area (Å²) in [5.74, 6) is 0.221. The van der Waals surface area contributed by atoms with Crippen LogP contribution in [0.5, 0.6) is 0 Å². The van der Waals surface area contributed by atoms with Crippen molar-refractivity contribution in [3.05, 3.63) is 65.5 Å². The second-order valence-electron chi connectivity index (χ2n) is 6.22. The normalized spacial score (nSPS) is 11.6.